The molecule has 2 rings (SSSR count). The first-order chi connectivity index (χ1) is 7.33. The minimum Gasteiger partial charge on any atom is -0.292 e. The summed E-state index contributed by atoms with van der Waals surface area (Å²) in [6.45, 7) is 2.16. The zero-order valence-corrected chi connectivity index (χ0v) is 11.0. The molecule has 0 spiro atoms. The van der Waals surface area contributed by atoms with E-state index in [1.165, 1.54) is 17.3 Å². The third kappa shape index (κ3) is 2.57. The van der Waals surface area contributed by atoms with Crippen molar-refractivity contribution in [2.75, 3.05) is 11.5 Å². The number of thioether (sulfide) groups is 2. The normalized spacial score (nSPS) is 26.5. The molecule has 1 aromatic rings. The molecule has 82 valence electrons. The van der Waals surface area contributed by atoms with E-state index in [4.69, 9.17) is 0 Å². The fourth-order valence-electron chi connectivity index (χ4n) is 1.63. The SMILES string of the molecule is CCC1SCCSC1C(=O)c1ccns1. The van der Waals surface area contributed by atoms with E-state index in [9.17, 15) is 4.79 Å². The molecule has 0 amide bonds. The molecule has 0 radical (unpaired) electrons. The Balaban J connectivity index is 2.11. The van der Waals surface area contributed by atoms with Gasteiger partial charge in [0.25, 0.3) is 0 Å². The van der Waals surface area contributed by atoms with Crippen molar-refractivity contribution in [1.29, 1.82) is 0 Å². The third-order valence-electron chi connectivity index (χ3n) is 2.39. The zero-order valence-electron chi connectivity index (χ0n) is 8.51. The van der Waals surface area contributed by atoms with E-state index in [-0.39, 0.29) is 11.0 Å². The minimum absolute atomic E-state index is 0.147. The summed E-state index contributed by atoms with van der Waals surface area (Å²) >= 11 is 5.07. The number of carbonyl (C=O) groups excluding carboxylic acids is 1. The molecule has 0 bridgehead atoms. The van der Waals surface area contributed by atoms with Crippen LogP contribution in [0.2, 0.25) is 0 Å². The molecular formula is C10H13NOS3. The molecule has 2 nitrogen and oxygen atoms in total. The van der Waals surface area contributed by atoms with Crippen LogP contribution in [0.3, 0.4) is 0 Å². The van der Waals surface area contributed by atoms with Gasteiger partial charge in [0, 0.05) is 23.0 Å². The lowest BCUT2D eigenvalue weighted by Crippen LogP contribution is -2.32. The molecule has 0 N–H and O–H groups in total. The maximum atomic E-state index is 12.2. The van der Waals surface area contributed by atoms with E-state index in [1.54, 1.807) is 6.20 Å². The van der Waals surface area contributed by atoms with Crippen LogP contribution >= 0.6 is 35.1 Å². The Labute approximate surface area is 102 Å². The van der Waals surface area contributed by atoms with Crippen LogP contribution in [0.5, 0.6) is 0 Å². The van der Waals surface area contributed by atoms with Gasteiger partial charge in [-0.1, -0.05) is 6.92 Å². The van der Waals surface area contributed by atoms with Crippen LogP contribution in [0.4, 0.5) is 0 Å². The molecule has 1 aliphatic rings. The van der Waals surface area contributed by atoms with Crippen LogP contribution in [0.25, 0.3) is 0 Å². The first-order valence-electron chi connectivity index (χ1n) is 5.01. The maximum absolute atomic E-state index is 12.2. The molecule has 5 heteroatoms. The predicted octanol–water partition coefficient (Wildman–Crippen LogP) is 2.95. The zero-order chi connectivity index (χ0) is 10.7. The number of carbonyl (C=O) groups is 1. The highest BCUT2D eigenvalue weighted by Crippen LogP contribution is 2.35. The van der Waals surface area contributed by atoms with Gasteiger partial charge in [0.05, 0.1) is 10.1 Å². The van der Waals surface area contributed by atoms with Gasteiger partial charge in [-0.2, -0.15) is 11.8 Å². The monoisotopic (exact) mass is 259 g/mol. The summed E-state index contributed by atoms with van der Waals surface area (Å²) in [5, 5.41) is 0.632. The number of hydrogen-bond donors (Lipinski definition) is 0. The summed E-state index contributed by atoms with van der Waals surface area (Å²) in [6, 6.07) is 1.83. The third-order valence-corrected chi connectivity index (χ3v) is 6.40. The topological polar surface area (TPSA) is 30.0 Å². The van der Waals surface area contributed by atoms with Crippen molar-refractivity contribution in [3.63, 3.8) is 0 Å². The lowest BCUT2D eigenvalue weighted by molar-refractivity contribution is 0.0992. The van der Waals surface area contributed by atoms with Crippen LogP contribution < -0.4 is 0 Å². The fraction of sp³-hybridized carbons (Fsp3) is 0.600. The number of aromatic nitrogens is 1. The summed E-state index contributed by atoms with van der Waals surface area (Å²) in [5.41, 5.74) is 0. The van der Waals surface area contributed by atoms with Gasteiger partial charge in [0.15, 0.2) is 5.78 Å². The fourth-order valence-corrected chi connectivity index (χ4v) is 5.29. The van der Waals surface area contributed by atoms with Crippen molar-refractivity contribution >= 4 is 40.8 Å². The highest BCUT2D eigenvalue weighted by molar-refractivity contribution is 8.07. The van der Waals surface area contributed by atoms with E-state index in [0.717, 1.165) is 17.1 Å². The smallest absolute Gasteiger partial charge is 0.188 e. The summed E-state index contributed by atoms with van der Waals surface area (Å²) in [4.78, 5) is 13.0. The second kappa shape index (κ2) is 5.37. The largest absolute Gasteiger partial charge is 0.292 e. The Morgan fingerprint density at radius 3 is 3.00 bits per heavy atom. The van der Waals surface area contributed by atoms with Gasteiger partial charge < -0.3 is 0 Å². The number of Topliss-reactive ketones (excluding diaryl/α,β-unsaturated/α-hetero) is 1. The summed E-state index contributed by atoms with van der Waals surface area (Å²) < 4.78 is 3.99. The van der Waals surface area contributed by atoms with Gasteiger partial charge in [-0.15, -0.1) is 11.8 Å². The van der Waals surface area contributed by atoms with E-state index in [0.29, 0.717) is 5.25 Å². The Morgan fingerprint density at radius 1 is 1.53 bits per heavy atom. The van der Waals surface area contributed by atoms with Gasteiger partial charge in [0.2, 0.25) is 0 Å². The molecule has 1 aromatic heterocycles. The Kier molecular flexibility index (Phi) is 4.11. The van der Waals surface area contributed by atoms with Crippen molar-refractivity contribution in [3.8, 4) is 0 Å². The Hall–Kier alpha value is -0.0000000000000000833. The average Bonchev–Trinajstić information content (AvgIpc) is 2.81. The van der Waals surface area contributed by atoms with Gasteiger partial charge in [0.1, 0.15) is 0 Å². The van der Waals surface area contributed by atoms with Crippen LogP contribution in [0.15, 0.2) is 12.3 Å². The summed E-state index contributed by atoms with van der Waals surface area (Å²) in [6.07, 6.45) is 2.78. The van der Waals surface area contributed by atoms with Crippen molar-refractivity contribution in [2.45, 2.75) is 23.8 Å². The molecular weight excluding hydrogens is 246 g/mol. The molecule has 0 aliphatic carbocycles. The molecule has 2 unspecified atom stereocenters. The van der Waals surface area contributed by atoms with Crippen molar-refractivity contribution in [2.24, 2.45) is 0 Å². The lowest BCUT2D eigenvalue weighted by atomic mass is 10.1. The Morgan fingerprint density at radius 2 is 2.33 bits per heavy atom. The molecule has 1 saturated heterocycles. The standard InChI is InChI=1S/C10H13NOS3/c1-2-7-10(14-6-5-13-7)9(12)8-3-4-11-15-8/h3-4,7,10H,2,5-6H2,1H3. The highest BCUT2D eigenvalue weighted by atomic mass is 32.2. The predicted molar refractivity (Wildman–Crippen MR) is 69.2 cm³/mol. The molecule has 2 heterocycles. The quantitative estimate of drug-likeness (QED) is 0.781. The van der Waals surface area contributed by atoms with Gasteiger partial charge in [-0.05, 0) is 24.0 Å². The number of nitrogens with zero attached hydrogens (tertiary/aromatic N) is 1. The average molecular weight is 259 g/mol. The van der Waals surface area contributed by atoms with Gasteiger partial charge >= 0.3 is 0 Å². The number of hydrogen-bond acceptors (Lipinski definition) is 5. The van der Waals surface area contributed by atoms with Gasteiger partial charge in [-0.3, -0.25) is 4.79 Å². The van der Waals surface area contributed by atoms with E-state index in [1.807, 2.05) is 29.6 Å². The molecule has 0 saturated carbocycles. The molecule has 1 fully saturated rings. The van der Waals surface area contributed by atoms with Crippen molar-refractivity contribution < 1.29 is 4.79 Å². The maximum Gasteiger partial charge on any atom is 0.188 e. The second-order valence-electron chi connectivity index (χ2n) is 3.35. The highest BCUT2D eigenvalue weighted by Gasteiger charge is 2.32. The number of rotatable bonds is 3. The second-order valence-corrected chi connectivity index (χ2v) is 6.78. The Bertz CT molecular complexity index is 325. The first kappa shape index (κ1) is 11.5. The van der Waals surface area contributed by atoms with Crippen LogP contribution in [0, 0.1) is 0 Å². The molecule has 1 aliphatic heterocycles. The summed E-state index contributed by atoms with van der Waals surface area (Å²) in [7, 11) is 0. The van der Waals surface area contributed by atoms with Crippen molar-refractivity contribution in [3.05, 3.63) is 17.1 Å². The number of ketones is 1. The van der Waals surface area contributed by atoms with E-state index >= 15 is 0 Å². The van der Waals surface area contributed by atoms with E-state index < -0.39 is 0 Å². The van der Waals surface area contributed by atoms with Crippen LogP contribution in [-0.4, -0.2) is 32.2 Å². The molecule has 2 atom stereocenters. The van der Waals surface area contributed by atoms with Crippen molar-refractivity contribution in [1.82, 2.24) is 4.37 Å². The molecule has 15 heavy (non-hydrogen) atoms. The minimum atomic E-state index is 0.147. The first-order valence-corrected chi connectivity index (χ1v) is 7.88. The van der Waals surface area contributed by atoms with Crippen LogP contribution in [-0.2, 0) is 0 Å². The van der Waals surface area contributed by atoms with Gasteiger partial charge in [-0.25, -0.2) is 4.37 Å². The van der Waals surface area contributed by atoms with Crippen LogP contribution in [0.1, 0.15) is 23.0 Å². The van der Waals surface area contributed by atoms with E-state index in [2.05, 4.69) is 11.3 Å². The lowest BCUT2D eigenvalue weighted by Gasteiger charge is -2.28. The molecule has 0 aromatic carbocycles. The summed E-state index contributed by atoms with van der Waals surface area (Å²) in [5.74, 6) is 2.55.